The highest BCUT2D eigenvalue weighted by molar-refractivity contribution is 8.00. The second-order valence-electron chi connectivity index (χ2n) is 5.66. The number of benzene rings is 1. The molecule has 2 aromatic rings. The monoisotopic (exact) mass is 353 g/mol. The number of aromatic nitrogens is 3. The zero-order valence-electron chi connectivity index (χ0n) is 13.3. The van der Waals surface area contributed by atoms with Gasteiger partial charge in [-0.2, -0.15) is 8.78 Å². The van der Waals surface area contributed by atoms with Gasteiger partial charge in [-0.25, -0.2) is 0 Å². The van der Waals surface area contributed by atoms with Crippen LogP contribution in [-0.4, -0.2) is 32.4 Å². The van der Waals surface area contributed by atoms with Crippen LogP contribution in [0.25, 0.3) is 0 Å². The minimum absolute atomic E-state index is 0.0333. The number of Topliss-reactive ketones (excluding diaryl/α,β-unsaturated/α-hetero) is 1. The molecule has 128 valence electrons. The number of alkyl halides is 2. The molecule has 0 amide bonds. The van der Waals surface area contributed by atoms with E-state index in [2.05, 4.69) is 19.5 Å². The topological polar surface area (TPSA) is 57.0 Å². The number of aryl methyl sites for hydroxylation is 1. The van der Waals surface area contributed by atoms with Gasteiger partial charge in [-0.3, -0.25) is 4.79 Å². The van der Waals surface area contributed by atoms with Gasteiger partial charge in [-0.15, -0.1) is 10.2 Å². The number of thioether (sulfide) groups is 1. The highest BCUT2D eigenvalue weighted by Crippen LogP contribution is 2.39. The summed E-state index contributed by atoms with van der Waals surface area (Å²) in [7, 11) is 0. The van der Waals surface area contributed by atoms with Gasteiger partial charge in [0, 0.05) is 11.6 Å². The molecule has 1 fully saturated rings. The van der Waals surface area contributed by atoms with Crippen LogP contribution in [-0.2, 0) is 0 Å². The zero-order chi connectivity index (χ0) is 17.3. The maximum atomic E-state index is 12.5. The highest BCUT2D eigenvalue weighted by atomic mass is 32.2. The van der Waals surface area contributed by atoms with Crippen molar-refractivity contribution in [3.8, 4) is 5.75 Å². The Balaban J connectivity index is 1.68. The summed E-state index contributed by atoms with van der Waals surface area (Å²) in [5.74, 6) is 0.797. The summed E-state index contributed by atoms with van der Waals surface area (Å²) in [6.45, 7) is 0.833. The molecule has 1 atom stereocenters. The van der Waals surface area contributed by atoms with Gasteiger partial charge in [0.2, 0.25) is 0 Å². The summed E-state index contributed by atoms with van der Waals surface area (Å²) >= 11 is 1.37. The van der Waals surface area contributed by atoms with Gasteiger partial charge in [0.1, 0.15) is 11.6 Å². The summed E-state index contributed by atoms with van der Waals surface area (Å²) in [4.78, 5) is 12.5. The van der Waals surface area contributed by atoms with Crippen molar-refractivity contribution in [3.05, 3.63) is 35.7 Å². The smallest absolute Gasteiger partial charge is 0.387 e. The molecule has 3 rings (SSSR count). The van der Waals surface area contributed by atoms with E-state index in [1.165, 1.54) is 36.0 Å². The molecule has 5 nitrogen and oxygen atoms in total. The standard InChI is InChI=1S/C16H17F2N3O2S/c1-9(24-16-20-19-10(2)21(16)12-5-6-12)14(22)11-3-7-13(8-4-11)23-15(17)18/h3-4,7-9,12,15H,5-6H2,1-2H3/t9-/m0/s1. The van der Waals surface area contributed by atoms with Crippen LogP contribution in [0.1, 0.15) is 42.0 Å². The molecule has 8 heteroatoms. The largest absolute Gasteiger partial charge is 0.435 e. The summed E-state index contributed by atoms with van der Waals surface area (Å²) in [5.41, 5.74) is 0.450. The van der Waals surface area contributed by atoms with E-state index >= 15 is 0 Å². The predicted octanol–water partition coefficient (Wildman–Crippen LogP) is 3.89. The van der Waals surface area contributed by atoms with Crippen LogP contribution in [0.15, 0.2) is 29.4 Å². The fraction of sp³-hybridized carbons (Fsp3) is 0.438. The van der Waals surface area contributed by atoms with Gasteiger partial charge < -0.3 is 9.30 Å². The molecule has 1 aliphatic rings. The number of rotatable bonds is 7. The Labute approximate surface area is 142 Å². The summed E-state index contributed by atoms with van der Waals surface area (Å²) in [6.07, 6.45) is 2.22. The minimum Gasteiger partial charge on any atom is -0.435 e. The lowest BCUT2D eigenvalue weighted by molar-refractivity contribution is -0.0498. The Bertz CT molecular complexity index is 729. The molecule has 0 spiro atoms. The fourth-order valence-corrected chi connectivity index (χ4v) is 3.47. The van der Waals surface area contributed by atoms with E-state index in [1.54, 1.807) is 6.92 Å². The third-order valence-corrected chi connectivity index (χ3v) is 4.82. The van der Waals surface area contributed by atoms with Crippen molar-refractivity contribution in [1.82, 2.24) is 14.8 Å². The molecule has 1 aromatic heterocycles. The number of carbonyl (C=O) groups is 1. The number of ether oxygens (including phenoxy) is 1. The first-order valence-corrected chi connectivity index (χ1v) is 8.51. The van der Waals surface area contributed by atoms with Crippen molar-refractivity contribution < 1.29 is 18.3 Å². The van der Waals surface area contributed by atoms with Crippen molar-refractivity contribution in [2.45, 2.75) is 49.7 Å². The van der Waals surface area contributed by atoms with Crippen LogP contribution >= 0.6 is 11.8 Å². The molecular weight excluding hydrogens is 336 g/mol. The van der Waals surface area contributed by atoms with Crippen molar-refractivity contribution >= 4 is 17.5 Å². The first-order chi connectivity index (χ1) is 11.5. The number of halogens is 2. The van der Waals surface area contributed by atoms with E-state index in [1.807, 2.05) is 6.92 Å². The predicted molar refractivity (Wildman–Crippen MR) is 85.8 cm³/mol. The summed E-state index contributed by atoms with van der Waals surface area (Å²) < 4.78 is 30.7. The average molecular weight is 353 g/mol. The molecular formula is C16H17F2N3O2S. The fourth-order valence-electron chi connectivity index (χ4n) is 2.43. The van der Waals surface area contributed by atoms with E-state index < -0.39 is 6.61 Å². The zero-order valence-corrected chi connectivity index (χ0v) is 14.1. The lowest BCUT2D eigenvalue weighted by Crippen LogP contribution is -2.15. The minimum atomic E-state index is -2.88. The molecule has 0 bridgehead atoms. The van der Waals surface area contributed by atoms with E-state index in [-0.39, 0.29) is 16.8 Å². The average Bonchev–Trinajstić information content (AvgIpc) is 3.31. The second kappa shape index (κ2) is 6.88. The first-order valence-electron chi connectivity index (χ1n) is 7.63. The van der Waals surface area contributed by atoms with Crippen LogP contribution in [0, 0.1) is 6.92 Å². The van der Waals surface area contributed by atoms with Crippen molar-refractivity contribution in [2.24, 2.45) is 0 Å². The Morgan fingerprint density at radius 3 is 2.54 bits per heavy atom. The lowest BCUT2D eigenvalue weighted by atomic mass is 10.1. The number of hydrogen-bond donors (Lipinski definition) is 0. The van der Waals surface area contributed by atoms with Crippen LogP contribution < -0.4 is 4.74 Å². The van der Waals surface area contributed by atoms with Gasteiger partial charge in [0.05, 0.1) is 5.25 Å². The van der Waals surface area contributed by atoms with Crippen molar-refractivity contribution in [1.29, 1.82) is 0 Å². The normalized spacial score (nSPS) is 15.5. The Morgan fingerprint density at radius 1 is 1.29 bits per heavy atom. The molecule has 0 saturated heterocycles. The number of nitrogens with zero attached hydrogens (tertiary/aromatic N) is 3. The molecule has 24 heavy (non-hydrogen) atoms. The molecule has 0 radical (unpaired) electrons. The lowest BCUT2D eigenvalue weighted by Gasteiger charge is -2.12. The van der Waals surface area contributed by atoms with E-state index in [9.17, 15) is 13.6 Å². The van der Waals surface area contributed by atoms with E-state index in [0.717, 1.165) is 23.8 Å². The quantitative estimate of drug-likeness (QED) is 0.558. The molecule has 1 heterocycles. The van der Waals surface area contributed by atoms with Crippen LogP contribution in [0.4, 0.5) is 8.78 Å². The highest BCUT2D eigenvalue weighted by Gasteiger charge is 2.30. The maximum absolute atomic E-state index is 12.5. The maximum Gasteiger partial charge on any atom is 0.387 e. The van der Waals surface area contributed by atoms with Gasteiger partial charge in [-0.1, -0.05) is 11.8 Å². The molecule has 1 aromatic carbocycles. The number of carbonyl (C=O) groups excluding carboxylic acids is 1. The number of ketones is 1. The third-order valence-electron chi connectivity index (χ3n) is 3.76. The van der Waals surface area contributed by atoms with Gasteiger partial charge in [0.25, 0.3) is 0 Å². The molecule has 1 saturated carbocycles. The van der Waals surface area contributed by atoms with E-state index in [4.69, 9.17) is 0 Å². The second-order valence-corrected chi connectivity index (χ2v) is 6.97. The van der Waals surface area contributed by atoms with Crippen molar-refractivity contribution in [3.63, 3.8) is 0 Å². The Morgan fingerprint density at radius 2 is 1.96 bits per heavy atom. The molecule has 0 unspecified atom stereocenters. The van der Waals surface area contributed by atoms with Crippen LogP contribution in [0.3, 0.4) is 0 Å². The third kappa shape index (κ3) is 3.75. The summed E-state index contributed by atoms with van der Waals surface area (Å²) in [5, 5.41) is 8.65. The number of hydrogen-bond acceptors (Lipinski definition) is 5. The van der Waals surface area contributed by atoms with Crippen LogP contribution in [0.5, 0.6) is 5.75 Å². The van der Waals surface area contributed by atoms with E-state index in [0.29, 0.717) is 11.6 Å². The van der Waals surface area contributed by atoms with Gasteiger partial charge in [0.15, 0.2) is 10.9 Å². The Kier molecular flexibility index (Phi) is 4.84. The molecule has 1 aliphatic carbocycles. The van der Waals surface area contributed by atoms with Crippen molar-refractivity contribution in [2.75, 3.05) is 0 Å². The Hall–Kier alpha value is -1.96. The molecule has 0 aliphatic heterocycles. The SMILES string of the molecule is Cc1nnc(S[C@@H](C)C(=O)c2ccc(OC(F)F)cc2)n1C1CC1. The van der Waals surface area contributed by atoms with Crippen LogP contribution in [0.2, 0.25) is 0 Å². The van der Waals surface area contributed by atoms with Gasteiger partial charge in [-0.05, 0) is 51.0 Å². The van der Waals surface area contributed by atoms with Gasteiger partial charge >= 0.3 is 6.61 Å². The molecule has 0 N–H and O–H groups in total. The summed E-state index contributed by atoms with van der Waals surface area (Å²) in [6, 6.07) is 6.17. The first kappa shape index (κ1) is 16.9.